The number of pyridine rings is 1. The molecule has 1 amide bonds. The third kappa shape index (κ3) is 4.52. The van der Waals surface area contributed by atoms with Crippen LogP contribution in [0.3, 0.4) is 0 Å². The monoisotopic (exact) mass is 320 g/mol. The van der Waals surface area contributed by atoms with Crippen molar-refractivity contribution in [3.8, 4) is 0 Å². The summed E-state index contributed by atoms with van der Waals surface area (Å²) in [5.41, 5.74) is 1.71. The molecule has 24 heavy (non-hydrogen) atoms. The molecule has 5 nitrogen and oxygen atoms in total. The number of aryl methyl sites for hydroxylation is 1. The highest BCUT2D eigenvalue weighted by molar-refractivity contribution is 5.91. The lowest BCUT2D eigenvalue weighted by Crippen LogP contribution is -2.22. The van der Waals surface area contributed by atoms with E-state index in [1.807, 2.05) is 47.2 Å². The van der Waals surface area contributed by atoms with Gasteiger partial charge in [0.05, 0.1) is 17.5 Å². The molecule has 0 atom stereocenters. The van der Waals surface area contributed by atoms with Crippen molar-refractivity contribution in [2.45, 2.75) is 19.4 Å². The summed E-state index contributed by atoms with van der Waals surface area (Å²) in [6.45, 7) is 1.59. The normalized spacial score (nSPS) is 11.2. The number of rotatable bonds is 7. The van der Waals surface area contributed by atoms with Crippen molar-refractivity contribution in [3.63, 3.8) is 0 Å². The molecule has 0 saturated carbocycles. The smallest absolute Gasteiger partial charge is 0.244 e. The first-order chi connectivity index (χ1) is 11.8. The summed E-state index contributed by atoms with van der Waals surface area (Å²) in [6, 6.07) is 11.9. The number of nitrogens with zero attached hydrogens (tertiary/aromatic N) is 3. The van der Waals surface area contributed by atoms with E-state index >= 15 is 0 Å². The molecule has 0 aliphatic rings. The van der Waals surface area contributed by atoms with E-state index in [1.165, 1.54) is 6.08 Å². The number of hydrogen-bond acceptors (Lipinski definition) is 3. The number of nitrogens with one attached hydrogen (secondary N) is 1. The van der Waals surface area contributed by atoms with E-state index in [0.717, 1.165) is 36.0 Å². The van der Waals surface area contributed by atoms with Crippen molar-refractivity contribution in [3.05, 3.63) is 66.9 Å². The Morgan fingerprint density at radius 1 is 1.17 bits per heavy atom. The molecule has 5 heteroatoms. The molecule has 2 heterocycles. The number of aromatic nitrogens is 3. The fraction of sp³-hybridized carbons (Fsp3) is 0.211. The lowest BCUT2D eigenvalue weighted by molar-refractivity contribution is -0.116. The van der Waals surface area contributed by atoms with Gasteiger partial charge in [0.15, 0.2) is 0 Å². The highest BCUT2D eigenvalue weighted by Crippen LogP contribution is 2.12. The van der Waals surface area contributed by atoms with Gasteiger partial charge in [-0.3, -0.25) is 4.79 Å². The molecule has 0 aliphatic carbocycles. The van der Waals surface area contributed by atoms with Gasteiger partial charge in [0.1, 0.15) is 0 Å². The average molecular weight is 320 g/mol. The quantitative estimate of drug-likeness (QED) is 0.538. The zero-order chi connectivity index (χ0) is 16.6. The number of hydrogen-bond donors (Lipinski definition) is 1. The Bertz CT molecular complexity index is 824. The number of carbonyl (C=O) groups is 1. The van der Waals surface area contributed by atoms with Crippen molar-refractivity contribution in [1.29, 1.82) is 0 Å². The molecular weight excluding hydrogens is 300 g/mol. The molecule has 3 aromatic rings. The van der Waals surface area contributed by atoms with Crippen molar-refractivity contribution < 1.29 is 4.79 Å². The van der Waals surface area contributed by atoms with E-state index in [-0.39, 0.29) is 5.91 Å². The minimum absolute atomic E-state index is 0.0902. The SMILES string of the molecule is O=C(C=Cc1ccc2ccccc2n1)NCCCCn1ccnc1. The third-order valence-electron chi connectivity index (χ3n) is 3.73. The minimum Gasteiger partial charge on any atom is -0.353 e. The summed E-state index contributed by atoms with van der Waals surface area (Å²) in [5, 5.41) is 3.99. The van der Waals surface area contributed by atoms with Gasteiger partial charge in [-0.1, -0.05) is 24.3 Å². The Labute approximate surface area is 141 Å². The van der Waals surface area contributed by atoms with Gasteiger partial charge in [-0.25, -0.2) is 9.97 Å². The number of amides is 1. The fourth-order valence-electron chi connectivity index (χ4n) is 2.44. The van der Waals surface area contributed by atoms with Gasteiger partial charge < -0.3 is 9.88 Å². The first kappa shape index (κ1) is 15.9. The Hall–Kier alpha value is -2.95. The van der Waals surface area contributed by atoms with Crippen LogP contribution in [0.2, 0.25) is 0 Å². The highest BCUT2D eigenvalue weighted by atomic mass is 16.1. The van der Waals surface area contributed by atoms with Crippen LogP contribution in [0.1, 0.15) is 18.5 Å². The van der Waals surface area contributed by atoms with Gasteiger partial charge in [0.2, 0.25) is 5.91 Å². The van der Waals surface area contributed by atoms with Crippen LogP contribution in [0.25, 0.3) is 17.0 Å². The Kier molecular flexibility index (Phi) is 5.35. The topological polar surface area (TPSA) is 59.8 Å². The number of carbonyl (C=O) groups excluding carboxylic acids is 1. The maximum absolute atomic E-state index is 11.8. The maximum Gasteiger partial charge on any atom is 0.244 e. The van der Waals surface area contributed by atoms with Crippen LogP contribution in [0, 0.1) is 0 Å². The Morgan fingerprint density at radius 3 is 2.96 bits per heavy atom. The lowest BCUT2D eigenvalue weighted by atomic mass is 10.2. The van der Waals surface area contributed by atoms with Crippen LogP contribution in [-0.4, -0.2) is 27.0 Å². The molecule has 3 rings (SSSR count). The molecule has 0 fully saturated rings. The second kappa shape index (κ2) is 8.06. The molecule has 0 aliphatic heterocycles. The fourth-order valence-corrected chi connectivity index (χ4v) is 2.44. The van der Waals surface area contributed by atoms with Gasteiger partial charge >= 0.3 is 0 Å². The first-order valence-corrected chi connectivity index (χ1v) is 8.09. The van der Waals surface area contributed by atoms with Crippen molar-refractivity contribution in [2.24, 2.45) is 0 Å². The molecule has 122 valence electrons. The van der Waals surface area contributed by atoms with Crippen LogP contribution in [0.4, 0.5) is 0 Å². The molecule has 0 spiro atoms. The number of fused-ring (bicyclic) bond motifs is 1. The minimum atomic E-state index is -0.0902. The molecule has 0 unspecified atom stereocenters. The molecule has 1 aromatic carbocycles. The van der Waals surface area contributed by atoms with Crippen molar-refractivity contribution in [2.75, 3.05) is 6.54 Å². The third-order valence-corrected chi connectivity index (χ3v) is 3.73. The van der Waals surface area contributed by atoms with Gasteiger partial charge in [-0.05, 0) is 31.1 Å². The van der Waals surface area contributed by atoms with Gasteiger partial charge in [-0.2, -0.15) is 0 Å². The number of benzene rings is 1. The molecule has 0 bridgehead atoms. The zero-order valence-corrected chi connectivity index (χ0v) is 13.4. The summed E-state index contributed by atoms with van der Waals surface area (Å²) in [4.78, 5) is 20.3. The van der Waals surface area contributed by atoms with E-state index < -0.39 is 0 Å². The van der Waals surface area contributed by atoms with E-state index in [9.17, 15) is 4.79 Å². The summed E-state index contributed by atoms with van der Waals surface area (Å²) in [7, 11) is 0. The van der Waals surface area contributed by atoms with Crippen LogP contribution >= 0.6 is 0 Å². The van der Waals surface area contributed by atoms with Gasteiger partial charge in [0, 0.05) is 36.9 Å². The average Bonchev–Trinajstić information content (AvgIpc) is 3.13. The highest BCUT2D eigenvalue weighted by Gasteiger charge is 1.98. The number of para-hydroxylation sites is 1. The lowest BCUT2D eigenvalue weighted by Gasteiger charge is -2.03. The van der Waals surface area contributed by atoms with Crippen molar-refractivity contribution in [1.82, 2.24) is 19.9 Å². The second-order valence-corrected chi connectivity index (χ2v) is 5.56. The first-order valence-electron chi connectivity index (χ1n) is 8.09. The predicted molar refractivity (Wildman–Crippen MR) is 95.2 cm³/mol. The van der Waals surface area contributed by atoms with Crippen LogP contribution in [-0.2, 0) is 11.3 Å². The summed E-state index contributed by atoms with van der Waals surface area (Å²) < 4.78 is 2.03. The van der Waals surface area contributed by atoms with E-state index in [2.05, 4.69) is 15.3 Å². The van der Waals surface area contributed by atoms with Crippen LogP contribution < -0.4 is 5.32 Å². The van der Waals surface area contributed by atoms with E-state index in [1.54, 1.807) is 18.6 Å². The number of unbranched alkanes of at least 4 members (excludes halogenated alkanes) is 1. The summed E-state index contributed by atoms with van der Waals surface area (Å²) >= 11 is 0. The largest absolute Gasteiger partial charge is 0.353 e. The molecular formula is C19H20N4O. The molecule has 0 radical (unpaired) electrons. The predicted octanol–water partition coefficient (Wildman–Crippen LogP) is 3.04. The number of imidazole rings is 1. The second-order valence-electron chi connectivity index (χ2n) is 5.56. The van der Waals surface area contributed by atoms with Crippen LogP contribution in [0.15, 0.2) is 61.2 Å². The molecule has 2 aromatic heterocycles. The summed E-state index contributed by atoms with van der Waals surface area (Å²) in [6.07, 6.45) is 10.7. The zero-order valence-electron chi connectivity index (χ0n) is 13.4. The maximum atomic E-state index is 11.8. The standard InChI is InChI=1S/C19H20N4O/c24-19(21-11-3-4-13-23-14-12-20-15-23)10-9-17-8-7-16-5-1-2-6-18(16)22-17/h1-2,5-10,12,14-15H,3-4,11,13H2,(H,21,24). The Morgan fingerprint density at radius 2 is 2.08 bits per heavy atom. The van der Waals surface area contributed by atoms with E-state index in [4.69, 9.17) is 0 Å². The van der Waals surface area contributed by atoms with E-state index in [0.29, 0.717) is 6.54 Å². The molecule has 1 N–H and O–H groups in total. The van der Waals surface area contributed by atoms with Gasteiger partial charge in [0.25, 0.3) is 0 Å². The summed E-state index contributed by atoms with van der Waals surface area (Å²) in [5.74, 6) is -0.0902. The molecule has 0 saturated heterocycles. The van der Waals surface area contributed by atoms with Crippen LogP contribution in [0.5, 0.6) is 0 Å². The van der Waals surface area contributed by atoms with Crippen molar-refractivity contribution >= 4 is 22.9 Å². The Balaban J connectivity index is 1.42. The van der Waals surface area contributed by atoms with Gasteiger partial charge in [-0.15, -0.1) is 0 Å².